The summed E-state index contributed by atoms with van der Waals surface area (Å²) in [7, 11) is 0. The standard InChI is InChI=1S/C6H12O4.C5H10O4/c1-2-6(3-7,4-8)5(9)10;1-5(2-6,3-7)4(8)9/h7-8H,2-4H2,1H3,(H,9,10);6-7H,2-3H2,1H3,(H,8,9). The van der Waals surface area contributed by atoms with Crippen LogP contribution in [0.4, 0.5) is 0 Å². The molecule has 0 fully saturated rings. The zero-order valence-corrected chi connectivity index (χ0v) is 11.0. The monoisotopic (exact) mass is 282 g/mol. The van der Waals surface area contributed by atoms with E-state index in [1.807, 2.05) is 0 Å². The minimum atomic E-state index is -1.39. The SMILES string of the molecule is CC(CO)(CO)C(=O)O.CCC(CO)(CO)C(=O)O. The van der Waals surface area contributed by atoms with Crippen molar-refractivity contribution in [3.8, 4) is 0 Å². The van der Waals surface area contributed by atoms with Crippen molar-refractivity contribution in [3.63, 3.8) is 0 Å². The fourth-order valence-electron chi connectivity index (χ4n) is 0.745. The van der Waals surface area contributed by atoms with Crippen LogP contribution in [0.1, 0.15) is 20.3 Å². The minimum absolute atomic E-state index is 0.231. The second-order valence-corrected chi connectivity index (χ2v) is 4.44. The average molecular weight is 282 g/mol. The van der Waals surface area contributed by atoms with E-state index in [4.69, 9.17) is 30.6 Å². The van der Waals surface area contributed by atoms with Crippen LogP contribution in [-0.4, -0.2) is 69.0 Å². The molecule has 0 atom stereocenters. The molecule has 114 valence electrons. The molecule has 0 heterocycles. The Morgan fingerprint density at radius 1 is 0.842 bits per heavy atom. The van der Waals surface area contributed by atoms with Crippen molar-refractivity contribution >= 4 is 11.9 Å². The third-order valence-corrected chi connectivity index (χ3v) is 2.95. The number of carbonyl (C=O) groups is 2. The fourth-order valence-corrected chi connectivity index (χ4v) is 0.745. The molecule has 0 aromatic heterocycles. The van der Waals surface area contributed by atoms with Gasteiger partial charge in [-0.25, -0.2) is 0 Å². The summed E-state index contributed by atoms with van der Waals surface area (Å²) in [6.45, 7) is 0.762. The van der Waals surface area contributed by atoms with Crippen molar-refractivity contribution < 1.29 is 40.2 Å². The predicted octanol–water partition coefficient (Wildman–Crippen LogP) is -1.49. The van der Waals surface area contributed by atoms with E-state index in [0.717, 1.165) is 0 Å². The Morgan fingerprint density at radius 2 is 1.21 bits per heavy atom. The number of aliphatic hydroxyl groups excluding tert-OH is 4. The zero-order valence-electron chi connectivity index (χ0n) is 11.0. The highest BCUT2D eigenvalue weighted by molar-refractivity contribution is 5.75. The van der Waals surface area contributed by atoms with Gasteiger partial charge in [-0.2, -0.15) is 0 Å². The summed E-state index contributed by atoms with van der Waals surface area (Å²) in [5.41, 5.74) is -2.74. The lowest BCUT2D eigenvalue weighted by Crippen LogP contribution is -2.37. The quantitative estimate of drug-likeness (QED) is 0.330. The van der Waals surface area contributed by atoms with E-state index in [9.17, 15) is 9.59 Å². The topological polar surface area (TPSA) is 156 Å². The largest absolute Gasteiger partial charge is 0.481 e. The Hall–Kier alpha value is -1.22. The van der Waals surface area contributed by atoms with E-state index in [-0.39, 0.29) is 6.42 Å². The molecule has 0 bridgehead atoms. The van der Waals surface area contributed by atoms with Gasteiger partial charge in [-0.3, -0.25) is 9.59 Å². The maximum Gasteiger partial charge on any atom is 0.314 e. The van der Waals surface area contributed by atoms with Gasteiger partial charge in [0, 0.05) is 0 Å². The number of rotatable bonds is 7. The molecular weight excluding hydrogens is 260 g/mol. The third kappa shape index (κ3) is 5.52. The van der Waals surface area contributed by atoms with Crippen LogP contribution in [0.2, 0.25) is 0 Å². The van der Waals surface area contributed by atoms with Gasteiger partial charge in [0.2, 0.25) is 0 Å². The lowest BCUT2D eigenvalue weighted by Gasteiger charge is -2.21. The van der Waals surface area contributed by atoms with Crippen LogP contribution in [0.5, 0.6) is 0 Å². The van der Waals surface area contributed by atoms with E-state index >= 15 is 0 Å². The van der Waals surface area contributed by atoms with E-state index in [1.54, 1.807) is 6.92 Å². The van der Waals surface area contributed by atoms with Crippen LogP contribution >= 0.6 is 0 Å². The molecule has 8 nitrogen and oxygen atoms in total. The van der Waals surface area contributed by atoms with Crippen LogP contribution in [0.3, 0.4) is 0 Å². The van der Waals surface area contributed by atoms with Gasteiger partial charge in [-0.15, -0.1) is 0 Å². The molecule has 0 unspecified atom stereocenters. The first kappa shape index (κ1) is 20.1. The maximum absolute atomic E-state index is 10.4. The van der Waals surface area contributed by atoms with Gasteiger partial charge in [-0.05, 0) is 13.3 Å². The predicted molar refractivity (Wildman–Crippen MR) is 64.4 cm³/mol. The van der Waals surface area contributed by atoms with E-state index in [1.165, 1.54) is 6.92 Å². The highest BCUT2D eigenvalue weighted by atomic mass is 16.4. The Balaban J connectivity index is 0. The summed E-state index contributed by atoms with van der Waals surface area (Å²) in [6, 6.07) is 0. The maximum atomic E-state index is 10.4. The summed E-state index contributed by atoms with van der Waals surface area (Å²) in [5, 5.41) is 50.9. The molecule has 6 N–H and O–H groups in total. The molecular formula is C11H22O8. The molecule has 0 aromatic rings. The summed E-state index contributed by atoms with van der Waals surface area (Å²) >= 11 is 0. The second-order valence-electron chi connectivity index (χ2n) is 4.44. The molecule has 0 aromatic carbocycles. The molecule has 0 radical (unpaired) electrons. The van der Waals surface area contributed by atoms with Gasteiger partial charge in [0.25, 0.3) is 0 Å². The number of carboxylic acid groups (broad SMARTS) is 2. The van der Waals surface area contributed by atoms with Crippen molar-refractivity contribution in [2.75, 3.05) is 26.4 Å². The van der Waals surface area contributed by atoms with Gasteiger partial charge >= 0.3 is 11.9 Å². The normalized spacial score (nSPS) is 11.5. The Labute approximate surface area is 110 Å². The molecule has 8 heteroatoms. The molecule has 0 saturated heterocycles. The first-order valence-corrected chi connectivity index (χ1v) is 5.60. The van der Waals surface area contributed by atoms with Gasteiger partial charge in [0.05, 0.1) is 26.4 Å². The highest BCUT2D eigenvalue weighted by Crippen LogP contribution is 2.19. The summed E-state index contributed by atoms with van der Waals surface area (Å²) in [5.74, 6) is -2.34. The summed E-state index contributed by atoms with van der Waals surface area (Å²) in [6.07, 6.45) is 0.231. The summed E-state index contributed by atoms with van der Waals surface area (Å²) in [4.78, 5) is 20.6. The van der Waals surface area contributed by atoms with Gasteiger partial charge in [0.15, 0.2) is 0 Å². The van der Waals surface area contributed by atoms with Crippen LogP contribution in [0, 0.1) is 10.8 Å². The van der Waals surface area contributed by atoms with E-state index in [2.05, 4.69) is 0 Å². The number of aliphatic carboxylic acids is 2. The third-order valence-electron chi connectivity index (χ3n) is 2.95. The molecule has 0 saturated carbocycles. The van der Waals surface area contributed by atoms with Crippen molar-refractivity contribution in [1.82, 2.24) is 0 Å². The molecule has 0 aliphatic heterocycles. The van der Waals surface area contributed by atoms with E-state index < -0.39 is 49.2 Å². The molecule has 0 amide bonds. The molecule has 19 heavy (non-hydrogen) atoms. The lowest BCUT2D eigenvalue weighted by molar-refractivity contribution is -0.155. The Bertz CT molecular complexity index is 272. The van der Waals surface area contributed by atoms with Crippen LogP contribution in [0.15, 0.2) is 0 Å². The van der Waals surface area contributed by atoms with Crippen LogP contribution in [-0.2, 0) is 9.59 Å². The zero-order chi connectivity index (χ0) is 15.7. The molecule has 0 rings (SSSR count). The highest BCUT2D eigenvalue weighted by Gasteiger charge is 2.35. The van der Waals surface area contributed by atoms with Crippen molar-refractivity contribution in [1.29, 1.82) is 0 Å². The lowest BCUT2D eigenvalue weighted by atomic mass is 9.87. The van der Waals surface area contributed by atoms with E-state index in [0.29, 0.717) is 0 Å². The summed E-state index contributed by atoms with van der Waals surface area (Å²) < 4.78 is 0. The molecule has 0 aliphatic rings. The Kier molecular flexibility index (Phi) is 9.32. The number of carboxylic acids is 2. The smallest absolute Gasteiger partial charge is 0.314 e. The Morgan fingerprint density at radius 3 is 1.21 bits per heavy atom. The van der Waals surface area contributed by atoms with Gasteiger partial charge < -0.3 is 30.6 Å². The minimum Gasteiger partial charge on any atom is -0.481 e. The fraction of sp³-hybridized carbons (Fsp3) is 0.818. The number of hydrogen-bond acceptors (Lipinski definition) is 6. The van der Waals surface area contributed by atoms with Crippen LogP contribution in [0.25, 0.3) is 0 Å². The molecule has 0 spiro atoms. The van der Waals surface area contributed by atoms with Crippen molar-refractivity contribution in [2.24, 2.45) is 10.8 Å². The van der Waals surface area contributed by atoms with Gasteiger partial charge in [0.1, 0.15) is 10.8 Å². The first-order chi connectivity index (χ1) is 8.69. The van der Waals surface area contributed by atoms with Crippen molar-refractivity contribution in [3.05, 3.63) is 0 Å². The average Bonchev–Trinajstić information content (AvgIpc) is 2.40. The first-order valence-electron chi connectivity index (χ1n) is 5.60. The molecule has 0 aliphatic carbocycles. The second kappa shape index (κ2) is 8.81. The van der Waals surface area contributed by atoms with Crippen molar-refractivity contribution in [2.45, 2.75) is 20.3 Å². The van der Waals surface area contributed by atoms with Gasteiger partial charge in [-0.1, -0.05) is 6.92 Å². The van der Waals surface area contributed by atoms with Crippen LogP contribution < -0.4 is 0 Å². The number of aliphatic hydroxyl groups is 4. The number of hydrogen-bond donors (Lipinski definition) is 6.